The van der Waals surface area contributed by atoms with E-state index in [2.05, 4.69) is 48.5 Å². The summed E-state index contributed by atoms with van der Waals surface area (Å²) in [5.41, 5.74) is 2.43. The van der Waals surface area contributed by atoms with E-state index in [0.717, 1.165) is 13.1 Å². The Hall–Kier alpha value is -0.730. The summed E-state index contributed by atoms with van der Waals surface area (Å²) in [7, 11) is 0. The first-order valence-corrected chi connectivity index (χ1v) is 8.47. The summed E-state index contributed by atoms with van der Waals surface area (Å²) in [4.78, 5) is 0. The highest BCUT2D eigenvalue weighted by Gasteiger charge is 2.30. The number of rotatable bonds is 6. The van der Waals surface area contributed by atoms with Crippen molar-refractivity contribution in [3.63, 3.8) is 0 Å². The second-order valence-corrected chi connectivity index (χ2v) is 6.80. The molecular formula is C17H25NS. The third-order valence-electron chi connectivity index (χ3n) is 4.17. The maximum Gasteiger partial charge on any atom is 0.0281 e. The minimum atomic E-state index is 0.467. The van der Waals surface area contributed by atoms with Crippen molar-refractivity contribution in [2.45, 2.75) is 36.9 Å². The predicted molar refractivity (Wildman–Crippen MR) is 87.7 cm³/mol. The smallest absolute Gasteiger partial charge is 0.0281 e. The fourth-order valence-corrected chi connectivity index (χ4v) is 3.81. The van der Waals surface area contributed by atoms with Crippen LogP contribution in [0.25, 0.3) is 5.57 Å². The van der Waals surface area contributed by atoms with Gasteiger partial charge in [-0.15, -0.1) is 0 Å². The zero-order valence-corrected chi connectivity index (χ0v) is 12.8. The zero-order chi connectivity index (χ0) is 13.6. The lowest BCUT2D eigenvalue weighted by molar-refractivity contribution is 0.385. The van der Waals surface area contributed by atoms with Gasteiger partial charge in [-0.1, -0.05) is 56.2 Å². The zero-order valence-electron chi connectivity index (χ0n) is 12.0. The molecule has 0 aliphatic heterocycles. The van der Waals surface area contributed by atoms with Crippen LogP contribution in [0.3, 0.4) is 0 Å². The number of hydrogen-bond donors (Lipinski definition) is 1. The Bertz CT molecular complexity index is 393. The molecule has 1 N–H and O–H groups in total. The molecule has 1 saturated carbocycles. The molecule has 1 aromatic rings. The summed E-state index contributed by atoms with van der Waals surface area (Å²) in [6.45, 7) is 6.19. The highest BCUT2D eigenvalue weighted by molar-refractivity contribution is 8.00. The van der Waals surface area contributed by atoms with Gasteiger partial charge in [0, 0.05) is 17.8 Å². The van der Waals surface area contributed by atoms with Crippen LogP contribution in [0.2, 0.25) is 0 Å². The highest BCUT2D eigenvalue weighted by atomic mass is 32.2. The average molecular weight is 275 g/mol. The Morgan fingerprint density at radius 3 is 2.53 bits per heavy atom. The van der Waals surface area contributed by atoms with Crippen molar-refractivity contribution in [2.75, 3.05) is 19.3 Å². The Morgan fingerprint density at radius 1 is 1.21 bits per heavy atom. The fourth-order valence-electron chi connectivity index (χ4n) is 2.87. The molecule has 1 fully saturated rings. The number of benzene rings is 1. The molecule has 0 spiro atoms. The van der Waals surface area contributed by atoms with E-state index in [1.54, 1.807) is 0 Å². The van der Waals surface area contributed by atoms with Gasteiger partial charge in [-0.25, -0.2) is 0 Å². The molecule has 0 atom stereocenters. The first-order chi connectivity index (χ1) is 9.26. The van der Waals surface area contributed by atoms with Crippen LogP contribution in [0.4, 0.5) is 0 Å². The average Bonchev–Trinajstić information content (AvgIpc) is 2.49. The van der Waals surface area contributed by atoms with E-state index in [0.29, 0.717) is 4.75 Å². The summed E-state index contributed by atoms with van der Waals surface area (Å²) in [5, 5.41) is 3.62. The van der Waals surface area contributed by atoms with Crippen LogP contribution < -0.4 is 5.32 Å². The van der Waals surface area contributed by atoms with Gasteiger partial charge in [0.15, 0.2) is 0 Å². The van der Waals surface area contributed by atoms with Gasteiger partial charge >= 0.3 is 0 Å². The lowest BCUT2D eigenvalue weighted by atomic mass is 9.88. The molecule has 19 heavy (non-hydrogen) atoms. The minimum absolute atomic E-state index is 0.467. The van der Waals surface area contributed by atoms with Gasteiger partial charge in [-0.05, 0) is 30.2 Å². The Morgan fingerprint density at radius 2 is 1.89 bits per heavy atom. The molecule has 1 nitrogen and oxygen atoms in total. The maximum absolute atomic E-state index is 4.19. The third kappa shape index (κ3) is 4.12. The summed E-state index contributed by atoms with van der Waals surface area (Å²) in [6, 6.07) is 10.5. The van der Waals surface area contributed by atoms with Crippen molar-refractivity contribution in [3.05, 3.63) is 42.5 Å². The first kappa shape index (κ1) is 14.7. The summed E-state index contributed by atoms with van der Waals surface area (Å²) >= 11 is 2.05. The van der Waals surface area contributed by atoms with Crippen LogP contribution in [-0.4, -0.2) is 24.1 Å². The second kappa shape index (κ2) is 7.16. The van der Waals surface area contributed by atoms with E-state index < -0.39 is 0 Å². The van der Waals surface area contributed by atoms with Crippen molar-refractivity contribution >= 4 is 17.3 Å². The molecule has 1 aromatic carbocycles. The molecule has 0 amide bonds. The standard InChI is InChI=1S/C17H25NS/c1-15(16-9-5-3-6-10-16)13-18-14-17(19-2)11-7-4-8-12-17/h3,5-6,9-10,18H,1,4,7-8,11-14H2,2H3. The van der Waals surface area contributed by atoms with Gasteiger partial charge < -0.3 is 5.32 Å². The van der Waals surface area contributed by atoms with Crippen LogP contribution in [0, 0.1) is 0 Å². The van der Waals surface area contributed by atoms with Gasteiger partial charge in [-0.2, -0.15) is 11.8 Å². The molecule has 1 aliphatic rings. The van der Waals surface area contributed by atoms with Crippen molar-refractivity contribution in [2.24, 2.45) is 0 Å². The van der Waals surface area contributed by atoms with E-state index in [9.17, 15) is 0 Å². The number of thioether (sulfide) groups is 1. The van der Waals surface area contributed by atoms with Gasteiger partial charge in [0.2, 0.25) is 0 Å². The predicted octanol–water partition coefficient (Wildman–Crippen LogP) is 4.36. The van der Waals surface area contributed by atoms with Gasteiger partial charge in [0.25, 0.3) is 0 Å². The molecule has 2 heteroatoms. The Balaban J connectivity index is 1.81. The Labute approximate surface area is 121 Å². The van der Waals surface area contributed by atoms with Crippen LogP contribution in [-0.2, 0) is 0 Å². The summed E-state index contributed by atoms with van der Waals surface area (Å²) in [6.07, 6.45) is 9.18. The molecule has 0 aromatic heterocycles. The van der Waals surface area contributed by atoms with E-state index in [4.69, 9.17) is 0 Å². The second-order valence-electron chi connectivity index (χ2n) is 5.52. The van der Waals surface area contributed by atoms with E-state index in [1.165, 1.54) is 43.2 Å². The molecular weight excluding hydrogens is 250 g/mol. The van der Waals surface area contributed by atoms with E-state index in [1.807, 2.05) is 11.8 Å². The van der Waals surface area contributed by atoms with Crippen molar-refractivity contribution in [1.29, 1.82) is 0 Å². The monoisotopic (exact) mass is 275 g/mol. The maximum atomic E-state index is 4.19. The topological polar surface area (TPSA) is 12.0 Å². The fraction of sp³-hybridized carbons (Fsp3) is 0.529. The van der Waals surface area contributed by atoms with Gasteiger partial charge in [0.1, 0.15) is 0 Å². The molecule has 104 valence electrons. The van der Waals surface area contributed by atoms with Gasteiger partial charge in [-0.3, -0.25) is 0 Å². The van der Waals surface area contributed by atoms with Crippen LogP contribution in [0.1, 0.15) is 37.7 Å². The van der Waals surface area contributed by atoms with E-state index in [-0.39, 0.29) is 0 Å². The number of hydrogen-bond acceptors (Lipinski definition) is 2. The first-order valence-electron chi connectivity index (χ1n) is 7.25. The lowest BCUT2D eigenvalue weighted by Crippen LogP contribution is -2.39. The molecule has 0 radical (unpaired) electrons. The molecule has 1 aliphatic carbocycles. The molecule has 0 saturated heterocycles. The van der Waals surface area contributed by atoms with Crippen molar-refractivity contribution in [3.8, 4) is 0 Å². The SMILES string of the molecule is C=C(CNCC1(SC)CCCCC1)c1ccccc1. The van der Waals surface area contributed by atoms with Crippen LogP contribution in [0.15, 0.2) is 36.9 Å². The summed E-state index contributed by atoms with van der Waals surface area (Å²) in [5.74, 6) is 0. The molecule has 0 heterocycles. The Kier molecular flexibility index (Phi) is 5.53. The largest absolute Gasteiger partial charge is 0.311 e. The van der Waals surface area contributed by atoms with Crippen LogP contribution in [0.5, 0.6) is 0 Å². The molecule has 2 rings (SSSR count). The van der Waals surface area contributed by atoms with Crippen LogP contribution >= 0.6 is 11.8 Å². The molecule has 0 bridgehead atoms. The van der Waals surface area contributed by atoms with Crippen molar-refractivity contribution in [1.82, 2.24) is 5.32 Å². The third-order valence-corrected chi connectivity index (χ3v) is 5.58. The minimum Gasteiger partial charge on any atom is -0.311 e. The van der Waals surface area contributed by atoms with E-state index >= 15 is 0 Å². The number of nitrogens with one attached hydrogen (secondary N) is 1. The molecule has 0 unspecified atom stereocenters. The van der Waals surface area contributed by atoms with Gasteiger partial charge in [0.05, 0.1) is 0 Å². The highest BCUT2D eigenvalue weighted by Crippen LogP contribution is 2.37. The van der Waals surface area contributed by atoms with Crippen molar-refractivity contribution < 1.29 is 0 Å². The quantitative estimate of drug-likeness (QED) is 0.828. The lowest BCUT2D eigenvalue weighted by Gasteiger charge is -2.36. The summed E-state index contributed by atoms with van der Waals surface area (Å²) < 4.78 is 0.467. The normalized spacial score (nSPS) is 18.2.